The Balaban J connectivity index is 1.96. The van der Waals surface area contributed by atoms with Crippen LogP contribution < -0.4 is 5.73 Å². The molecular formula is C16H14BrN3O. The van der Waals surface area contributed by atoms with Gasteiger partial charge < -0.3 is 10.3 Å². The normalized spacial score (nSPS) is 13.9. The van der Waals surface area contributed by atoms with Gasteiger partial charge in [0.1, 0.15) is 5.54 Å². The molecule has 1 aromatic heterocycles. The second kappa shape index (κ2) is 5.42. The summed E-state index contributed by atoms with van der Waals surface area (Å²) in [5.41, 5.74) is 7.37. The minimum atomic E-state index is -0.818. The molecule has 0 saturated carbocycles. The molecule has 0 amide bonds. The molecule has 5 heteroatoms. The van der Waals surface area contributed by atoms with Gasteiger partial charge in [-0.2, -0.15) is 4.98 Å². The first-order chi connectivity index (χ1) is 10.1. The Hall–Kier alpha value is -1.98. The lowest BCUT2D eigenvalue weighted by Crippen LogP contribution is -2.34. The summed E-state index contributed by atoms with van der Waals surface area (Å²) in [6.07, 6.45) is 0. The molecule has 1 heterocycles. The van der Waals surface area contributed by atoms with Crippen LogP contribution in [0.15, 0.2) is 63.6 Å². The van der Waals surface area contributed by atoms with Crippen LogP contribution in [0.1, 0.15) is 18.4 Å². The van der Waals surface area contributed by atoms with Crippen molar-refractivity contribution in [1.29, 1.82) is 0 Å². The maximum Gasteiger partial charge on any atom is 0.251 e. The molecule has 0 bridgehead atoms. The van der Waals surface area contributed by atoms with Gasteiger partial charge >= 0.3 is 0 Å². The Morgan fingerprint density at radius 2 is 1.71 bits per heavy atom. The third-order valence-electron chi connectivity index (χ3n) is 3.35. The summed E-state index contributed by atoms with van der Waals surface area (Å²) >= 11 is 3.40. The minimum absolute atomic E-state index is 0.395. The van der Waals surface area contributed by atoms with Crippen LogP contribution in [-0.4, -0.2) is 10.1 Å². The molecule has 1 unspecified atom stereocenters. The first-order valence-corrected chi connectivity index (χ1v) is 7.31. The molecule has 0 spiro atoms. The fourth-order valence-electron chi connectivity index (χ4n) is 2.06. The van der Waals surface area contributed by atoms with Crippen molar-refractivity contribution in [3.05, 3.63) is 70.5 Å². The quantitative estimate of drug-likeness (QED) is 0.786. The molecule has 3 aromatic rings. The second-order valence-corrected chi connectivity index (χ2v) is 5.91. The van der Waals surface area contributed by atoms with E-state index in [9.17, 15) is 0 Å². The van der Waals surface area contributed by atoms with Crippen molar-refractivity contribution in [2.75, 3.05) is 0 Å². The number of benzene rings is 2. The smallest absolute Gasteiger partial charge is 0.251 e. The first kappa shape index (κ1) is 14.0. The molecule has 2 N–H and O–H groups in total. The van der Waals surface area contributed by atoms with E-state index in [-0.39, 0.29) is 0 Å². The Morgan fingerprint density at radius 3 is 2.38 bits per heavy atom. The SMILES string of the molecule is CC(N)(c1ccccc1)c1nc(-c2ccc(Br)cc2)no1. The molecule has 21 heavy (non-hydrogen) atoms. The molecule has 0 saturated heterocycles. The van der Waals surface area contributed by atoms with Gasteiger partial charge in [0.15, 0.2) is 0 Å². The topological polar surface area (TPSA) is 64.9 Å². The molecule has 2 aromatic carbocycles. The van der Waals surface area contributed by atoms with Gasteiger partial charge in [0, 0.05) is 10.0 Å². The molecule has 0 aliphatic rings. The lowest BCUT2D eigenvalue weighted by atomic mass is 9.93. The zero-order valence-corrected chi connectivity index (χ0v) is 13.0. The van der Waals surface area contributed by atoms with E-state index in [1.807, 2.05) is 61.5 Å². The van der Waals surface area contributed by atoms with E-state index in [1.54, 1.807) is 0 Å². The minimum Gasteiger partial charge on any atom is -0.337 e. The summed E-state index contributed by atoms with van der Waals surface area (Å²) in [4.78, 5) is 4.44. The van der Waals surface area contributed by atoms with Gasteiger partial charge in [-0.1, -0.05) is 51.4 Å². The van der Waals surface area contributed by atoms with E-state index in [2.05, 4.69) is 26.1 Å². The van der Waals surface area contributed by atoms with E-state index in [0.717, 1.165) is 15.6 Å². The third-order valence-corrected chi connectivity index (χ3v) is 3.87. The van der Waals surface area contributed by atoms with Crippen LogP contribution in [0.5, 0.6) is 0 Å². The number of halogens is 1. The molecule has 4 nitrogen and oxygen atoms in total. The highest BCUT2D eigenvalue weighted by atomic mass is 79.9. The fraction of sp³-hybridized carbons (Fsp3) is 0.125. The predicted octanol–water partition coefficient (Wildman–Crippen LogP) is 3.72. The van der Waals surface area contributed by atoms with Crippen molar-refractivity contribution in [3.63, 3.8) is 0 Å². The monoisotopic (exact) mass is 343 g/mol. The van der Waals surface area contributed by atoms with E-state index in [4.69, 9.17) is 10.3 Å². The summed E-state index contributed by atoms with van der Waals surface area (Å²) in [6.45, 7) is 1.86. The highest BCUT2D eigenvalue weighted by molar-refractivity contribution is 9.10. The third kappa shape index (κ3) is 2.75. The van der Waals surface area contributed by atoms with Crippen LogP contribution >= 0.6 is 15.9 Å². The summed E-state index contributed by atoms with van der Waals surface area (Å²) in [7, 11) is 0. The lowest BCUT2D eigenvalue weighted by molar-refractivity contribution is 0.325. The van der Waals surface area contributed by atoms with E-state index in [0.29, 0.717) is 11.7 Å². The highest BCUT2D eigenvalue weighted by Crippen LogP contribution is 2.27. The Morgan fingerprint density at radius 1 is 1.05 bits per heavy atom. The lowest BCUT2D eigenvalue weighted by Gasteiger charge is -2.20. The summed E-state index contributed by atoms with van der Waals surface area (Å²) in [6, 6.07) is 17.4. The van der Waals surface area contributed by atoms with Crippen molar-refractivity contribution >= 4 is 15.9 Å². The average molecular weight is 344 g/mol. The maximum atomic E-state index is 6.37. The number of hydrogen-bond acceptors (Lipinski definition) is 4. The van der Waals surface area contributed by atoms with E-state index >= 15 is 0 Å². The summed E-state index contributed by atoms with van der Waals surface area (Å²) in [5, 5.41) is 4.03. The molecule has 0 aliphatic carbocycles. The van der Waals surface area contributed by atoms with Crippen molar-refractivity contribution in [2.24, 2.45) is 5.73 Å². The zero-order valence-electron chi connectivity index (χ0n) is 11.5. The van der Waals surface area contributed by atoms with Crippen LogP contribution in [0.25, 0.3) is 11.4 Å². The fourth-order valence-corrected chi connectivity index (χ4v) is 2.32. The Bertz CT molecular complexity index is 736. The average Bonchev–Trinajstić information content (AvgIpc) is 2.99. The van der Waals surface area contributed by atoms with Crippen molar-refractivity contribution < 1.29 is 4.52 Å². The molecule has 3 rings (SSSR count). The molecular weight excluding hydrogens is 330 g/mol. The number of nitrogens with zero attached hydrogens (tertiary/aromatic N) is 2. The van der Waals surface area contributed by atoms with Crippen LogP contribution in [0.3, 0.4) is 0 Å². The molecule has 0 aliphatic heterocycles. The summed E-state index contributed by atoms with van der Waals surface area (Å²) < 4.78 is 6.37. The van der Waals surface area contributed by atoms with Crippen LogP contribution in [0.2, 0.25) is 0 Å². The van der Waals surface area contributed by atoms with Gasteiger partial charge in [0.25, 0.3) is 5.89 Å². The predicted molar refractivity (Wildman–Crippen MR) is 84.5 cm³/mol. The molecule has 0 radical (unpaired) electrons. The van der Waals surface area contributed by atoms with Crippen LogP contribution in [0, 0.1) is 0 Å². The van der Waals surface area contributed by atoms with Crippen LogP contribution in [0.4, 0.5) is 0 Å². The molecule has 1 atom stereocenters. The summed E-state index contributed by atoms with van der Waals surface area (Å²) in [5.74, 6) is 0.928. The first-order valence-electron chi connectivity index (χ1n) is 6.52. The highest BCUT2D eigenvalue weighted by Gasteiger charge is 2.30. The molecule has 0 fully saturated rings. The van der Waals surface area contributed by atoms with Gasteiger partial charge in [0.05, 0.1) is 0 Å². The van der Waals surface area contributed by atoms with Crippen molar-refractivity contribution in [1.82, 2.24) is 10.1 Å². The number of hydrogen-bond donors (Lipinski definition) is 1. The molecule has 106 valence electrons. The maximum absolute atomic E-state index is 6.37. The second-order valence-electron chi connectivity index (χ2n) is 5.00. The van der Waals surface area contributed by atoms with Gasteiger partial charge in [-0.05, 0) is 36.8 Å². The van der Waals surface area contributed by atoms with E-state index < -0.39 is 5.54 Å². The van der Waals surface area contributed by atoms with Gasteiger partial charge in [-0.25, -0.2) is 0 Å². The zero-order chi connectivity index (χ0) is 14.9. The van der Waals surface area contributed by atoms with Gasteiger partial charge in [-0.15, -0.1) is 0 Å². The van der Waals surface area contributed by atoms with Gasteiger partial charge in [-0.3, -0.25) is 0 Å². The number of aromatic nitrogens is 2. The standard InChI is InChI=1S/C16H14BrN3O/c1-16(18,12-5-3-2-4-6-12)15-19-14(20-21-15)11-7-9-13(17)10-8-11/h2-10H,18H2,1H3. The van der Waals surface area contributed by atoms with Crippen molar-refractivity contribution in [3.8, 4) is 11.4 Å². The van der Waals surface area contributed by atoms with Crippen LogP contribution in [-0.2, 0) is 5.54 Å². The Kier molecular flexibility index (Phi) is 3.61. The van der Waals surface area contributed by atoms with Crippen molar-refractivity contribution in [2.45, 2.75) is 12.5 Å². The Labute approximate surface area is 131 Å². The van der Waals surface area contributed by atoms with E-state index in [1.165, 1.54) is 0 Å². The number of nitrogens with two attached hydrogens (primary N) is 1. The van der Waals surface area contributed by atoms with Gasteiger partial charge in [0.2, 0.25) is 5.82 Å². The number of rotatable bonds is 3. The largest absolute Gasteiger partial charge is 0.337 e.